The monoisotopic (exact) mass is 528 g/mol. The summed E-state index contributed by atoms with van der Waals surface area (Å²) in [6.07, 6.45) is 3.43. The number of nitrogens with one attached hydrogen (secondary N) is 2. The minimum absolute atomic E-state index is 0.0844. The molecule has 0 aromatic carbocycles. The zero-order valence-corrected chi connectivity index (χ0v) is 22.3. The van der Waals surface area contributed by atoms with E-state index in [2.05, 4.69) is 15.3 Å². The molecule has 0 saturated heterocycles. The smallest absolute Gasteiger partial charge is 0.274 e. The van der Waals surface area contributed by atoms with Gasteiger partial charge in [0.25, 0.3) is 11.5 Å². The number of hydrogen-bond donors (Lipinski definition) is 2. The number of pyridine rings is 2. The number of thiophene rings is 1. The van der Waals surface area contributed by atoms with Crippen LogP contribution in [0.15, 0.2) is 29.2 Å². The molecular weight excluding hydrogens is 502 g/mol. The predicted octanol–water partition coefficient (Wildman–Crippen LogP) is 4.68. The molecule has 4 heterocycles. The van der Waals surface area contributed by atoms with Gasteiger partial charge in [0.05, 0.1) is 4.88 Å². The van der Waals surface area contributed by atoms with Crippen molar-refractivity contribution in [3.8, 4) is 22.1 Å². The molecule has 4 aromatic heterocycles. The minimum atomic E-state index is -3.00. The van der Waals surface area contributed by atoms with Crippen molar-refractivity contribution in [3.05, 3.63) is 57.5 Å². The number of aryl methyl sites for hydroxylation is 3. The second kappa shape index (κ2) is 8.71. The fraction of sp³-hybridized carbons (Fsp3) is 0.320. The van der Waals surface area contributed by atoms with Crippen LogP contribution in [0.2, 0.25) is 0 Å². The molecule has 1 saturated carbocycles. The Labute approximate surface area is 210 Å². The molecule has 4 aromatic rings. The van der Waals surface area contributed by atoms with Crippen molar-refractivity contribution in [1.82, 2.24) is 19.9 Å². The maximum absolute atomic E-state index is 15.8. The van der Waals surface area contributed by atoms with Crippen LogP contribution < -0.4 is 20.2 Å². The number of aromatic nitrogens is 3. The largest absolute Gasteiger partial charge is 0.434 e. The van der Waals surface area contributed by atoms with Crippen LogP contribution in [0.4, 0.5) is 4.39 Å². The third-order valence-corrected chi connectivity index (χ3v) is 9.68. The van der Waals surface area contributed by atoms with Gasteiger partial charge in [0, 0.05) is 42.0 Å². The zero-order chi connectivity index (χ0) is 25.9. The summed E-state index contributed by atoms with van der Waals surface area (Å²) in [5.41, 5.74) is 2.23. The fourth-order valence-corrected chi connectivity index (χ4v) is 6.69. The van der Waals surface area contributed by atoms with Crippen LogP contribution in [-0.4, -0.2) is 39.8 Å². The van der Waals surface area contributed by atoms with E-state index in [1.165, 1.54) is 17.9 Å². The van der Waals surface area contributed by atoms with Crippen molar-refractivity contribution in [2.75, 3.05) is 13.3 Å². The van der Waals surface area contributed by atoms with Crippen LogP contribution in [0.5, 0.6) is 11.6 Å². The van der Waals surface area contributed by atoms with Crippen molar-refractivity contribution in [2.24, 2.45) is 7.05 Å². The van der Waals surface area contributed by atoms with Gasteiger partial charge in [-0.2, -0.15) is 0 Å². The molecule has 11 heteroatoms. The van der Waals surface area contributed by atoms with Crippen LogP contribution in [0.1, 0.15) is 34.6 Å². The maximum atomic E-state index is 15.8. The Morgan fingerprint density at radius 2 is 2.00 bits per heavy atom. The maximum Gasteiger partial charge on any atom is 0.274 e. The highest BCUT2D eigenvalue weighted by Crippen LogP contribution is 2.49. The topological polar surface area (TPSA) is 106 Å². The number of fused-ring (bicyclic) bond motifs is 1. The number of hydrogen-bond acceptors (Lipinski definition) is 6. The first-order valence-electron chi connectivity index (χ1n) is 11.5. The molecule has 0 spiro atoms. The van der Waals surface area contributed by atoms with E-state index in [9.17, 15) is 14.2 Å². The minimum Gasteiger partial charge on any atom is -0.434 e. The summed E-state index contributed by atoms with van der Waals surface area (Å²) in [4.78, 5) is 33.3. The molecule has 1 aliphatic carbocycles. The van der Waals surface area contributed by atoms with Crippen LogP contribution in [0.25, 0.3) is 21.3 Å². The van der Waals surface area contributed by atoms with Crippen LogP contribution >= 0.6 is 18.5 Å². The van der Waals surface area contributed by atoms with Gasteiger partial charge < -0.3 is 24.2 Å². The Kier molecular flexibility index (Phi) is 5.92. The number of aromatic amines is 1. The lowest BCUT2D eigenvalue weighted by molar-refractivity contribution is 0.0947. The summed E-state index contributed by atoms with van der Waals surface area (Å²) in [5, 5.41) is 3.36. The lowest BCUT2D eigenvalue weighted by atomic mass is 10.1. The Morgan fingerprint density at radius 1 is 1.28 bits per heavy atom. The van der Waals surface area contributed by atoms with Crippen molar-refractivity contribution < 1.29 is 18.5 Å². The number of rotatable bonds is 6. The van der Waals surface area contributed by atoms with Gasteiger partial charge in [0.15, 0.2) is 11.6 Å². The number of nitrogens with zero attached hydrogens (tertiary/aromatic N) is 2. The molecule has 5 rings (SSSR count). The molecule has 188 valence electrons. The summed E-state index contributed by atoms with van der Waals surface area (Å²) >= 11 is 1.02. The van der Waals surface area contributed by atoms with E-state index in [0.717, 1.165) is 29.7 Å². The number of carbonyl (C=O) groups is 1. The quantitative estimate of drug-likeness (QED) is 0.354. The summed E-state index contributed by atoms with van der Waals surface area (Å²) in [6.45, 7) is 6.69. The second-order valence-corrected chi connectivity index (χ2v) is 14.1. The molecule has 0 aliphatic heterocycles. The summed E-state index contributed by atoms with van der Waals surface area (Å²) < 4.78 is 36.2. The Morgan fingerprint density at radius 3 is 2.64 bits per heavy atom. The van der Waals surface area contributed by atoms with E-state index < -0.39 is 13.0 Å². The molecule has 0 bridgehead atoms. The Hall–Kier alpha value is -3.23. The second-order valence-electron chi connectivity index (χ2n) is 9.63. The number of H-pyrrole nitrogens is 1. The molecule has 1 amide bonds. The first kappa shape index (κ1) is 24.5. The van der Waals surface area contributed by atoms with Gasteiger partial charge in [0.2, 0.25) is 5.88 Å². The van der Waals surface area contributed by atoms with Gasteiger partial charge in [-0.05, 0) is 57.7 Å². The standard InChI is InChI=1S/C25H26FN4O4PS/c1-12-8-13(2)27-18(9-12)34-21-19(26)25(35(4,5)33)36-22(21)16-11-30(3)24(32)20-15(16)10-17(29-20)23(31)28-14-6-7-14/h8-11,14,29H,6-7H2,1-5H3,(H,28,31). The molecule has 0 radical (unpaired) electrons. The highest BCUT2D eigenvalue weighted by Gasteiger charge is 2.31. The third-order valence-electron chi connectivity index (χ3n) is 5.93. The average molecular weight is 529 g/mol. The summed E-state index contributed by atoms with van der Waals surface area (Å²) in [5.74, 6) is -0.920. The average Bonchev–Trinajstić information content (AvgIpc) is 3.36. The van der Waals surface area contributed by atoms with Crippen molar-refractivity contribution >= 4 is 39.9 Å². The van der Waals surface area contributed by atoms with E-state index >= 15 is 4.39 Å². The van der Waals surface area contributed by atoms with Gasteiger partial charge in [-0.15, -0.1) is 11.3 Å². The first-order valence-corrected chi connectivity index (χ1v) is 14.9. The van der Waals surface area contributed by atoms with Crippen LogP contribution in [0.3, 0.4) is 0 Å². The van der Waals surface area contributed by atoms with Crippen LogP contribution in [0, 0.1) is 19.7 Å². The summed E-state index contributed by atoms with van der Waals surface area (Å²) in [7, 11) is -1.42. The van der Waals surface area contributed by atoms with Gasteiger partial charge in [-0.3, -0.25) is 9.59 Å². The predicted molar refractivity (Wildman–Crippen MR) is 140 cm³/mol. The van der Waals surface area contributed by atoms with Crippen molar-refractivity contribution in [1.29, 1.82) is 0 Å². The molecule has 36 heavy (non-hydrogen) atoms. The Balaban J connectivity index is 1.73. The normalized spacial score (nSPS) is 13.8. The lowest BCUT2D eigenvalue weighted by Gasteiger charge is -2.10. The molecular formula is C25H26FN4O4PS. The van der Waals surface area contributed by atoms with E-state index in [4.69, 9.17) is 4.74 Å². The third kappa shape index (κ3) is 4.51. The van der Waals surface area contributed by atoms with Crippen LogP contribution in [-0.2, 0) is 11.6 Å². The van der Waals surface area contributed by atoms with Gasteiger partial charge in [-0.25, -0.2) is 9.37 Å². The highest BCUT2D eigenvalue weighted by molar-refractivity contribution is 7.75. The lowest BCUT2D eigenvalue weighted by Crippen LogP contribution is -2.25. The fourth-order valence-electron chi connectivity index (χ4n) is 4.09. The number of carbonyl (C=O) groups excluding carboxylic acids is 1. The van der Waals surface area contributed by atoms with E-state index in [-0.39, 0.29) is 45.0 Å². The van der Waals surface area contributed by atoms with Crippen molar-refractivity contribution in [3.63, 3.8) is 0 Å². The number of amides is 1. The number of ether oxygens (including phenoxy) is 1. The molecule has 1 fully saturated rings. The van der Waals surface area contributed by atoms with Gasteiger partial charge in [-0.1, -0.05) is 0 Å². The molecule has 2 N–H and O–H groups in total. The summed E-state index contributed by atoms with van der Waals surface area (Å²) in [6, 6.07) is 5.31. The Bertz CT molecular complexity index is 1620. The first-order chi connectivity index (χ1) is 16.9. The van der Waals surface area contributed by atoms with E-state index in [0.29, 0.717) is 21.5 Å². The van der Waals surface area contributed by atoms with Gasteiger partial charge in [0.1, 0.15) is 23.0 Å². The molecule has 1 aliphatic rings. The van der Waals surface area contributed by atoms with Gasteiger partial charge >= 0.3 is 0 Å². The molecule has 0 atom stereocenters. The molecule has 0 unspecified atom stereocenters. The molecule has 8 nitrogen and oxygen atoms in total. The SMILES string of the molecule is Cc1cc(C)nc(Oc2c(-c3cn(C)c(=O)c4[nH]c(C(=O)NC5CC5)cc34)sc(P(C)(C)=O)c2F)c1. The van der Waals surface area contributed by atoms with Crippen molar-refractivity contribution in [2.45, 2.75) is 32.7 Å². The zero-order valence-electron chi connectivity index (χ0n) is 20.6. The number of halogens is 1. The van der Waals surface area contributed by atoms with E-state index in [1.807, 2.05) is 19.9 Å². The van der Waals surface area contributed by atoms with E-state index in [1.54, 1.807) is 25.4 Å². The highest BCUT2D eigenvalue weighted by atomic mass is 32.1.